The van der Waals surface area contributed by atoms with Crippen LogP contribution in [0.5, 0.6) is 0 Å². The summed E-state index contributed by atoms with van der Waals surface area (Å²) in [6.07, 6.45) is 0. The molecule has 0 heterocycles. The van der Waals surface area contributed by atoms with Gasteiger partial charge >= 0.3 is 0 Å². The van der Waals surface area contributed by atoms with Crippen LogP contribution >= 0.6 is 7.36 Å². The number of benzene rings is 3. The molecule has 0 aliphatic carbocycles. The van der Waals surface area contributed by atoms with E-state index in [9.17, 15) is 0 Å². The number of hydrogen-bond acceptors (Lipinski definition) is 1. The molecule has 0 aromatic heterocycles. The summed E-state index contributed by atoms with van der Waals surface area (Å²) >= 11 is 5.33. The van der Waals surface area contributed by atoms with Crippen molar-refractivity contribution in [2.75, 3.05) is 0 Å². The molecule has 0 fully saturated rings. The van der Waals surface area contributed by atoms with E-state index in [1.165, 1.54) is 38.7 Å². The van der Waals surface area contributed by atoms with E-state index in [1.54, 1.807) is 0 Å². The summed E-state index contributed by atoms with van der Waals surface area (Å²) in [5, 5.41) is 1.19. The van der Waals surface area contributed by atoms with Crippen molar-refractivity contribution in [1.82, 2.24) is 0 Å². The molecule has 0 spiro atoms. The highest BCUT2D eigenvalue weighted by molar-refractivity contribution is 7.99. The van der Waals surface area contributed by atoms with E-state index in [2.05, 4.69) is 80.6 Å². The van der Waals surface area contributed by atoms with Gasteiger partial charge in [-0.05, 0) is 36.6 Å². The molecule has 2 heteroatoms. The van der Waals surface area contributed by atoms with Crippen LogP contribution in [-0.2, 0) is 11.8 Å². The predicted molar refractivity (Wildman–Crippen MR) is 101 cm³/mol. The smallest absolute Gasteiger partial charge is 0.0212 e. The van der Waals surface area contributed by atoms with Crippen molar-refractivity contribution < 1.29 is 0 Å². The fourth-order valence-electron chi connectivity index (χ4n) is 2.61. The summed E-state index contributed by atoms with van der Waals surface area (Å²) in [7, 11) is 0.882. The lowest BCUT2D eigenvalue weighted by molar-refractivity contribution is 1.46. The van der Waals surface area contributed by atoms with Gasteiger partial charge in [0, 0.05) is 18.2 Å². The van der Waals surface area contributed by atoms with Crippen molar-refractivity contribution in [3.05, 3.63) is 77.9 Å². The molecular weight excluding hydrogens is 303 g/mol. The number of aryl methyl sites for hydroxylation is 2. The second-order valence-corrected chi connectivity index (χ2v) is 6.74. The highest BCUT2D eigenvalue weighted by atomic mass is 32.4. The van der Waals surface area contributed by atoms with Gasteiger partial charge in [-0.3, -0.25) is 0 Å². The third-order valence-electron chi connectivity index (χ3n) is 3.84. The van der Waals surface area contributed by atoms with Crippen LogP contribution < -0.4 is 5.30 Å². The lowest BCUT2D eigenvalue weighted by Gasteiger charge is -2.13. The summed E-state index contributed by atoms with van der Waals surface area (Å²) in [5.74, 6) is 0. The topological polar surface area (TPSA) is 0 Å². The first kappa shape index (κ1) is 15.1. The van der Waals surface area contributed by atoms with Crippen LogP contribution in [0.1, 0.15) is 11.1 Å². The molecule has 3 aromatic carbocycles. The number of hydrogen-bond donors (Lipinski definition) is 0. The molecule has 22 heavy (non-hydrogen) atoms. The summed E-state index contributed by atoms with van der Waals surface area (Å²) in [6.45, 7) is 4.23. The quantitative estimate of drug-likeness (QED) is 0.560. The molecule has 0 nitrogen and oxygen atoms in total. The lowest BCUT2D eigenvalue weighted by atomic mass is 9.93. The maximum atomic E-state index is 5.33. The second-order valence-electron chi connectivity index (χ2n) is 5.52. The molecule has 0 radical (unpaired) electrons. The summed E-state index contributed by atoms with van der Waals surface area (Å²) < 4.78 is 0. The van der Waals surface area contributed by atoms with Gasteiger partial charge in [-0.2, -0.15) is 0 Å². The molecule has 0 aliphatic heterocycles. The summed E-state index contributed by atoms with van der Waals surface area (Å²) in [4.78, 5) is 0. The van der Waals surface area contributed by atoms with Gasteiger partial charge in [0.05, 0.1) is 0 Å². The van der Waals surface area contributed by atoms with Crippen LogP contribution in [0.15, 0.2) is 66.7 Å². The van der Waals surface area contributed by atoms with Gasteiger partial charge in [-0.1, -0.05) is 83.6 Å². The summed E-state index contributed by atoms with van der Waals surface area (Å²) in [6, 6.07) is 23.8. The van der Waals surface area contributed by atoms with E-state index in [0.717, 1.165) is 7.36 Å². The van der Waals surface area contributed by atoms with Crippen molar-refractivity contribution >= 4 is 24.5 Å². The van der Waals surface area contributed by atoms with Crippen molar-refractivity contribution in [1.29, 1.82) is 0 Å². The first-order valence-electron chi connectivity index (χ1n) is 7.29. The molecule has 0 aliphatic rings. The molecule has 0 unspecified atom stereocenters. The third kappa shape index (κ3) is 3.02. The molecule has 0 amide bonds. The largest absolute Gasteiger partial charge is 0.0606 e. The molecular formula is C20H17PS. The van der Waals surface area contributed by atoms with Crippen LogP contribution in [0.25, 0.3) is 22.3 Å². The van der Waals surface area contributed by atoms with Crippen LogP contribution in [0.3, 0.4) is 0 Å². The minimum Gasteiger partial charge on any atom is -0.0606 e. The first-order valence-corrected chi connectivity index (χ1v) is 9.20. The van der Waals surface area contributed by atoms with E-state index >= 15 is 0 Å². The molecule has 3 rings (SSSR count). The molecule has 3 aromatic rings. The Morgan fingerprint density at radius 3 is 1.77 bits per heavy atom. The normalized spacial score (nSPS) is 10.8. The molecule has 0 atom stereocenters. The minimum absolute atomic E-state index is 0.882. The zero-order valence-electron chi connectivity index (χ0n) is 12.7. The van der Waals surface area contributed by atoms with Crippen molar-refractivity contribution in [3.8, 4) is 22.3 Å². The molecule has 0 saturated heterocycles. The minimum atomic E-state index is 0.882. The van der Waals surface area contributed by atoms with E-state index in [-0.39, 0.29) is 0 Å². The Hall–Kier alpha value is -1.82. The Morgan fingerprint density at radius 1 is 0.682 bits per heavy atom. The van der Waals surface area contributed by atoms with Gasteiger partial charge in [-0.15, -0.1) is 0 Å². The Morgan fingerprint density at radius 2 is 1.23 bits per heavy atom. The van der Waals surface area contributed by atoms with Gasteiger partial charge in [0.2, 0.25) is 0 Å². The fraction of sp³-hybridized carbons (Fsp3) is 0.100. The van der Waals surface area contributed by atoms with Gasteiger partial charge in [-0.25, -0.2) is 0 Å². The van der Waals surface area contributed by atoms with E-state index in [0.29, 0.717) is 0 Å². The van der Waals surface area contributed by atoms with E-state index in [4.69, 9.17) is 11.8 Å². The molecule has 0 saturated carbocycles. The van der Waals surface area contributed by atoms with Gasteiger partial charge in [0.25, 0.3) is 0 Å². The van der Waals surface area contributed by atoms with Crippen molar-refractivity contribution in [3.63, 3.8) is 0 Å². The Balaban J connectivity index is 2.24. The van der Waals surface area contributed by atoms with E-state index < -0.39 is 0 Å². The lowest BCUT2D eigenvalue weighted by Crippen LogP contribution is -2.00. The maximum absolute atomic E-state index is 5.33. The van der Waals surface area contributed by atoms with Crippen LogP contribution in [0.2, 0.25) is 0 Å². The summed E-state index contributed by atoms with van der Waals surface area (Å²) in [5.41, 5.74) is 7.52. The Bertz CT molecular complexity index is 802. The third-order valence-corrected chi connectivity index (χ3v) is 5.00. The van der Waals surface area contributed by atoms with Crippen LogP contribution in [0, 0.1) is 13.8 Å². The monoisotopic (exact) mass is 320 g/mol. The zero-order valence-corrected chi connectivity index (χ0v) is 14.4. The first-order chi connectivity index (χ1) is 10.7. The van der Waals surface area contributed by atoms with Gasteiger partial charge < -0.3 is 0 Å². The Labute approximate surface area is 138 Å². The fourth-order valence-corrected chi connectivity index (χ4v) is 3.56. The van der Waals surface area contributed by atoms with E-state index in [1.807, 2.05) is 0 Å². The van der Waals surface area contributed by atoms with Crippen LogP contribution in [-0.4, -0.2) is 0 Å². The Kier molecular flexibility index (Phi) is 4.47. The standard InChI is InChI=1S/C20H17PS/c1-14-6-10-16(11-7-14)18-4-3-5-19(21-22)20(18)17-12-8-15(2)9-13-17/h3-13H,1-2H3. The zero-order chi connectivity index (χ0) is 15.5. The molecule has 108 valence electrons. The maximum Gasteiger partial charge on any atom is 0.0212 e. The molecule has 0 bridgehead atoms. The van der Waals surface area contributed by atoms with Gasteiger partial charge in [0.15, 0.2) is 0 Å². The average Bonchev–Trinajstić information content (AvgIpc) is 2.56. The number of rotatable bonds is 3. The van der Waals surface area contributed by atoms with Crippen LogP contribution in [0.4, 0.5) is 0 Å². The van der Waals surface area contributed by atoms with Crippen molar-refractivity contribution in [2.24, 2.45) is 0 Å². The van der Waals surface area contributed by atoms with Crippen molar-refractivity contribution in [2.45, 2.75) is 13.8 Å². The predicted octanol–water partition coefficient (Wildman–Crippen LogP) is 5.67. The highest BCUT2D eigenvalue weighted by Gasteiger charge is 2.11. The second kappa shape index (κ2) is 6.52. The SMILES string of the molecule is Cc1ccc(-c2cccc(P=S)c2-c2ccc(C)cc2)cc1. The molecule has 0 N–H and O–H groups in total. The van der Waals surface area contributed by atoms with Gasteiger partial charge in [0.1, 0.15) is 0 Å². The highest BCUT2D eigenvalue weighted by Crippen LogP contribution is 2.32. The average molecular weight is 320 g/mol.